The first-order valence-electron chi connectivity index (χ1n) is 18.8. The Balaban J connectivity index is 1.58. The number of carbonyl (C=O) groups excluding carboxylic acids is 3. The van der Waals surface area contributed by atoms with Crippen LogP contribution in [0.5, 0.6) is 0 Å². The predicted molar refractivity (Wildman–Crippen MR) is 214 cm³/mol. The van der Waals surface area contributed by atoms with Crippen molar-refractivity contribution in [1.82, 2.24) is 54.8 Å². The highest BCUT2D eigenvalue weighted by Gasteiger charge is 2.25. The SMILES string of the molecule is Cn1c(=O)n(C)c(=O)n(CC(=O)OCC(O)Cn2c(=O)n(CC(O)COC(=O)Cn3c(=O)n(C)c(=O)n(C)c3=O)c(=O)n(CC(O)COC(=O)Cn3c(=O)n(C)c(=O)n(C)c3=O)c2=O)c1=O. The molecule has 4 heterocycles. The number of hydrogen-bond donors (Lipinski definition) is 3. The molecule has 0 fully saturated rings. The van der Waals surface area contributed by atoms with Gasteiger partial charge in [0, 0.05) is 42.3 Å². The fourth-order valence-electron chi connectivity index (χ4n) is 5.94. The summed E-state index contributed by atoms with van der Waals surface area (Å²) in [6.07, 6.45) is -5.97. The Kier molecular flexibility index (Phi) is 15.5. The summed E-state index contributed by atoms with van der Waals surface area (Å²) in [5.41, 5.74) is -14.8. The molecule has 0 spiro atoms. The molecule has 33 heteroatoms. The number of hydrogen-bond acceptors (Lipinski definition) is 21. The van der Waals surface area contributed by atoms with Crippen molar-refractivity contribution in [3.05, 3.63) is 126 Å². The summed E-state index contributed by atoms with van der Waals surface area (Å²) in [7, 11) is 6.13. The summed E-state index contributed by atoms with van der Waals surface area (Å²) < 4.78 is 19.3. The molecular formula is C33H42N12O21. The van der Waals surface area contributed by atoms with Gasteiger partial charge in [0.1, 0.15) is 57.8 Å². The second-order valence-corrected chi connectivity index (χ2v) is 14.3. The van der Waals surface area contributed by atoms with Crippen molar-refractivity contribution >= 4 is 17.9 Å². The summed E-state index contributed by atoms with van der Waals surface area (Å²) in [4.78, 5) is 189. The molecule has 0 radical (unpaired) electrons. The van der Waals surface area contributed by atoms with Crippen molar-refractivity contribution in [3.8, 4) is 0 Å². The molecule has 360 valence electrons. The first-order chi connectivity index (χ1) is 30.7. The second kappa shape index (κ2) is 20.2. The van der Waals surface area contributed by atoms with E-state index in [1.807, 2.05) is 0 Å². The molecule has 0 bridgehead atoms. The lowest BCUT2D eigenvalue weighted by atomic mass is 10.3. The number of esters is 3. The highest BCUT2D eigenvalue weighted by atomic mass is 16.6. The molecule has 4 aromatic rings. The molecule has 4 aromatic heterocycles. The molecular weight excluding hydrogens is 900 g/mol. The second-order valence-electron chi connectivity index (χ2n) is 14.3. The number of rotatable bonds is 18. The summed E-state index contributed by atoms with van der Waals surface area (Å²) in [5.74, 6) is -3.96. The zero-order chi connectivity index (χ0) is 49.8. The van der Waals surface area contributed by atoms with Crippen LogP contribution in [-0.2, 0) is 110 Å². The third-order valence-corrected chi connectivity index (χ3v) is 9.57. The van der Waals surface area contributed by atoms with Crippen molar-refractivity contribution < 1.29 is 43.9 Å². The van der Waals surface area contributed by atoms with Gasteiger partial charge in [-0.25, -0.2) is 112 Å². The van der Waals surface area contributed by atoms with Crippen molar-refractivity contribution in [2.75, 3.05) is 19.8 Å². The summed E-state index contributed by atoms with van der Waals surface area (Å²) in [6, 6.07) is 0. The number of nitrogens with zero attached hydrogens (tertiary/aromatic N) is 12. The van der Waals surface area contributed by atoms with E-state index in [0.29, 0.717) is 41.1 Å². The van der Waals surface area contributed by atoms with E-state index in [9.17, 15) is 87.2 Å². The van der Waals surface area contributed by atoms with Crippen LogP contribution in [0.3, 0.4) is 0 Å². The fraction of sp³-hybridized carbons (Fsp3) is 0.545. The van der Waals surface area contributed by atoms with Crippen LogP contribution in [-0.4, -0.2) is 126 Å². The Morgan fingerprint density at radius 1 is 0.333 bits per heavy atom. The number of carbonyl (C=O) groups is 3. The minimum absolute atomic E-state index is 0.175. The molecule has 0 aliphatic carbocycles. The van der Waals surface area contributed by atoms with Crippen LogP contribution in [0.2, 0.25) is 0 Å². The van der Waals surface area contributed by atoms with Crippen LogP contribution in [0.15, 0.2) is 57.5 Å². The van der Waals surface area contributed by atoms with E-state index in [-0.39, 0.29) is 13.7 Å². The molecule has 33 nitrogen and oxygen atoms in total. The van der Waals surface area contributed by atoms with E-state index in [1.165, 1.54) is 0 Å². The Morgan fingerprint density at radius 2 is 0.515 bits per heavy atom. The van der Waals surface area contributed by atoms with Crippen LogP contribution in [0, 0.1) is 0 Å². The molecule has 3 N–H and O–H groups in total. The van der Waals surface area contributed by atoms with Crippen LogP contribution < -0.4 is 68.3 Å². The average molecular weight is 943 g/mol. The van der Waals surface area contributed by atoms with E-state index in [1.54, 1.807) is 0 Å². The van der Waals surface area contributed by atoms with Crippen LogP contribution >= 0.6 is 0 Å². The number of aliphatic hydroxyl groups excluding tert-OH is 3. The van der Waals surface area contributed by atoms with Crippen molar-refractivity contribution in [3.63, 3.8) is 0 Å². The molecule has 0 amide bonds. The van der Waals surface area contributed by atoms with Gasteiger partial charge in [0.25, 0.3) is 0 Å². The fourth-order valence-corrected chi connectivity index (χ4v) is 5.94. The van der Waals surface area contributed by atoms with Crippen molar-refractivity contribution in [2.45, 2.75) is 57.6 Å². The standard InChI is InChI=1S/C33H42N12O21/c1-34-22(52)35(2)26(56)43(25(34)55)10-19(49)64-13-16(46)7-40-31(61)41(8-17(47)14-65-20(50)11-44-27(57)36(3)23(53)37(4)28(44)58)33(63)42(32(40)62)9-18(48)15-66-21(51)12-45-29(59)38(5)24(54)39(6)30(45)60/h16-18,46-48H,7-15H2,1-6H3. The van der Waals surface area contributed by atoms with Crippen LogP contribution in [0.4, 0.5) is 0 Å². The Bertz CT molecular complexity index is 2860. The molecule has 3 atom stereocenters. The molecule has 0 aromatic carbocycles. The van der Waals surface area contributed by atoms with E-state index in [0.717, 1.165) is 42.3 Å². The van der Waals surface area contributed by atoms with Gasteiger partial charge in [-0.3, -0.25) is 14.4 Å². The normalized spacial score (nSPS) is 12.7. The van der Waals surface area contributed by atoms with E-state index >= 15 is 0 Å². The van der Waals surface area contributed by atoms with Crippen molar-refractivity contribution in [1.29, 1.82) is 0 Å². The minimum Gasteiger partial charge on any atom is -0.462 e. The maximum Gasteiger partial charge on any atom is 0.336 e. The summed E-state index contributed by atoms with van der Waals surface area (Å²) in [6.45, 7) is -9.61. The Morgan fingerprint density at radius 3 is 0.697 bits per heavy atom. The number of aliphatic hydroxyl groups is 3. The third kappa shape index (κ3) is 10.5. The maximum absolute atomic E-state index is 13.6. The molecule has 0 aliphatic rings. The molecule has 4 rings (SSSR count). The minimum atomic E-state index is -1.99. The lowest BCUT2D eigenvalue weighted by molar-refractivity contribution is -0.148. The molecule has 66 heavy (non-hydrogen) atoms. The Labute approximate surface area is 362 Å². The topological polar surface area (TPSA) is 404 Å². The van der Waals surface area contributed by atoms with E-state index < -0.39 is 164 Å². The zero-order valence-corrected chi connectivity index (χ0v) is 35.7. The Hall–Kier alpha value is -8.07. The summed E-state index contributed by atoms with van der Waals surface area (Å²) >= 11 is 0. The van der Waals surface area contributed by atoms with Crippen LogP contribution in [0.25, 0.3) is 0 Å². The zero-order valence-electron chi connectivity index (χ0n) is 35.7. The van der Waals surface area contributed by atoms with Gasteiger partial charge in [0.15, 0.2) is 0 Å². The predicted octanol–water partition coefficient (Wildman–Crippen LogP) is -12.3. The molecule has 3 unspecified atom stereocenters. The van der Waals surface area contributed by atoms with Crippen LogP contribution in [0.1, 0.15) is 0 Å². The maximum atomic E-state index is 13.6. The highest BCUT2D eigenvalue weighted by molar-refractivity contribution is 5.69. The van der Waals surface area contributed by atoms with E-state index in [2.05, 4.69) is 0 Å². The van der Waals surface area contributed by atoms with Gasteiger partial charge >= 0.3 is 86.2 Å². The monoisotopic (exact) mass is 942 g/mol. The van der Waals surface area contributed by atoms with Gasteiger partial charge in [-0.05, 0) is 0 Å². The highest BCUT2D eigenvalue weighted by Crippen LogP contribution is 1.96. The largest absolute Gasteiger partial charge is 0.462 e. The summed E-state index contributed by atoms with van der Waals surface area (Å²) in [5, 5.41) is 32.2. The molecule has 0 saturated heterocycles. The van der Waals surface area contributed by atoms with Gasteiger partial charge in [0.05, 0.1) is 19.6 Å². The lowest BCUT2D eigenvalue weighted by Crippen LogP contribution is -2.57. The van der Waals surface area contributed by atoms with Gasteiger partial charge < -0.3 is 29.5 Å². The first-order valence-corrected chi connectivity index (χ1v) is 18.8. The van der Waals surface area contributed by atoms with E-state index in [4.69, 9.17) is 14.2 Å². The molecule has 0 aliphatic heterocycles. The number of ether oxygens (including phenoxy) is 3. The lowest BCUT2D eigenvalue weighted by Gasteiger charge is -2.19. The third-order valence-electron chi connectivity index (χ3n) is 9.57. The van der Waals surface area contributed by atoms with Gasteiger partial charge in [0.2, 0.25) is 0 Å². The first kappa shape index (κ1) is 50.6. The molecule has 0 saturated carbocycles. The average Bonchev–Trinajstić information content (AvgIpc) is 3.28. The number of aromatic nitrogens is 12. The van der Waals surface area contributed by atoms with Gasteiger partial charge in [-0.15, -0.1) is 0 Å². The van der Waals surface area contributed by atoms with Gasteiger partial charge in [-0.1, -0.05) is 0 Å². The quantitative estimate of drug-likeness (QED) is 0.0616. The smallest absolute Gasteiger partial charge is 0.336 e. The van der Waals surface area contributed by atoms with Gasteiger partial charge in [-0.2, -0.15) is 0 Å². The van der Waals surface area contributed by atoms with Crippen molar-refractivity contribution in [2.24, 2.45) is 42.3 Å².